The molecule has 3 N–H and O–H groups in total. The van der Waals surface area contributed by atoms with Crippen molar-refractivity contribution in [3.05, 3.63) is 28.3 Å². The van der Waals surface area contributed by atoms with Crippen LogP contribution in [0.25, 0.3) is 0 Å². The predicted molar refractivity (Wildman–Crippen MR) is 47.6 cm³/mol. The van der Waals surface area contributed by atoms with Gasteiger partial charge in [0, 0.05) is 5.69 Å². The molecule has 1 aromatic carbocycles. The first-order valence-electron chi connectivity index (χ1n) is 3.32. The van der Waals surface area contributed by atoms with Gasteiger partial charge in [-0.1, -0.05) is 17.7 Å². The van der Waals surface area contributed by atoms with Crippen LogP contribution in [-0.2, 0) is 0 Å². The fourth-order valence-electron chi connectivity index (χ4n) is 0.913. The molecule has 0 aliphatic carbocycles. The average molecular weight is 186 g/mol. The van der Waals surface area contributed by atoms with E-state index in [0.717, 1.165) is 0 Å². The van der Waals surface area contributed by atoms with Crippen LogP contribution in [0.3, 0.4) is 0 Å². The van der Waals surface area contributed by atoms with Gasteiger partial charge in [0.1, 0.15) is 5.56 Å². The monoisotopic (exact) mass is 185 g/mol. The molecular weight excluding hydrogens is 178 g/mol. The lowest BCUT2D eigenvalue weighted by atomic mass is 10.1. The number of carboxylic acids is 1. The van der Waals surface area contributed by atoms with Gasteiger partial charge in [-0.15, -0.1) is 0 Å². The summed E-state index contributed by atoms with van der Waals surface area (Å²) in [6, 6.07) is 3.22. The van der Waals surface area contributed by atoms with Crippen molar-refractivity contribution in [1.29, 1.82) is 0 Å². The molecule has 0 heterocycles. The number of aromatic carboxylic acids is 1. The van der Waals surface area contributed by atoms with E-state index in [1.165, 1.54) is 6.07 Å². The van der Waals surface area contributed by atoms with E-state index >= 15 is 0 Å². The molecule has 0 saturated heterocycles. The number of rotatable bonds is 1. The van der Waals surface area contributed by atoms with E-state index in [-0.39, 0.29) is 16.3 Å². The van der Waals surface area contributed by atoms with Crippen molar-refractivity contribution >= 4 is 23.3 Å². The molecular formula is C8H8ClNO2. The van der Waals surface area contributed by atoms with Gasteiger partial charge in [0.2, 0.25) is 0 Å². The summed E-state index contributed by atoms with van der Waals surface area (Å²) in [5, 5.41) is 8.92. The molecule has 0 unspecified atom stereocenters. The Morgan fingerprint density at radius 1 is 1.58 bits per heavy atom. The first-order valence-corrected chi connectivity index (χ1v) is 3.69. The Bertz CT molecular complexity index is 336. The van der Waals surface area contributed by atoms with Crippen LogP contribution >= 0.6 is 11.6 Å². The third-order valence-electron chi connectivity index (χ3n) is 1.58. The highest BCUT2D eigenvalue weighted by molar-refractivity contribution is 6.35. The van der Waals surface area contributed by atoms with Gasteiger partial charge in [-0.3, -0.25) is 0 Å². The van der Waals surface area contributed by atoms with Gasteiger partial charge < -0.3 is 10.8 Å². The van der Waals surface area contributed by atoms with Gasteiger partial charge in [-0.2, -0.15) is 0 Å². The van der Waals surface area contributed by atoms with Gasteiger partial charge in [0.05, 0.1) is 5.02 Å². The predicted octanol–water partition coefficient (Wildman–Crippen LogP) is 1.93. The van der Waals surface area contributed by atoms with Crippen LogP contribution in [0.4, 0.5) is 5.69 Å². The smallest absolute Gasteiger partial charge is 0.339 e. The van der Waals surface area contributed by atoms with Crippen LogP contribution in [0.2, 0.25) is 5.02 Å². The zero-order valence-corrected chi connectivity index (χ0v) is 7.22. The number of nitrogens with two attached hydrogens (primary N) is 1. The van der Waals surface area contributed by atoms with Gasteiger partial charge in [-0.25, -0.2) is 4.79 Å². The summed E-state index contributed by atoms with van der Waals surface area (Å²) in [5.74, 6) is -1.10. The maximum atomic E-state index is 10.6. The summed E-state index contributed by atoms with van der Waals surface area (Å²) in [5.41, 5.74) is 6.31. The fourth-order valence-corrected chi connectivity index (χ4v) is 1.17. The molecule has 0 aromatic heterocycles. The number of anilines is 1. The van der Waals surface area contributed by atoms with E-state index in [1.807, 2.05) is 0 Å². The third kappa shape index (κ3) is 1.36. The fraction of sp³-hybridized carbons (Fsp3) is 0.125. The van der Waals surface area contributed by atoms with Crippen LogP contribution in [-0.4, -0.2) is 11.1 Å². The first-order chi connectivity index (χ1) is 5.54. The average Bonchev–Trinajstić information content (AvgIpc) is 1.97. The van der Waals surface area contributed by atoms with Crippen molar-refractivity contribution in [3.63, 3.8) is 0 Å². The Morgan fingerprint density at radius 2 is 2.17 bits per heavy atom. The lowest BCUT2D eigenvalue weighted by Crippen LogP contribution is -2.03. The third-order valence-corrected chi connectivity index (χ3v) is 2.07. The van der Waals surface area contributed by atoms with Crippen molar-refractivity contribution in [3.8, 4) is 0 Å². The largest absolute Gasteiger partial charge is 0.478 e. The topological polar surface area (TPSA) is 63.3 Å². The van der Waals surface area contributed by atoms with Crippen molar-refractivity contribution in [1.82, 2.24) is 0 Å². The Kier molecular flexibility index (Phi) is 2.24. The molecule has 0 saturated carbocycles. The molecule has 0 atom stereocenters. The zero-order chi connectivity index (χ0) is 9.30. The summed E-state index contributed by atoms with van der Waals surface area (Å²) >= 11 is 5.73. The SMILES string of the molecule is Cc1ccc(N)c(C(=O)O)c1Cl. The summed E-state index contributed by atoms with van der Waals surface area (Å²) in [7, 11) is 0. The van der Waals surface area contributed by atoms with Gasteiger partial charge >= 0.3 is 5.97 Å². The Morgan fingerprint density at radius 3 is 2.58 bits per heavy atom. The molecule has 4 heteroatoms. The molecule has 1 rings (SSSR count). The molecule has 0 aliphatic heterocycles. The highest BCUT2D eigenvalue weighted by Gasteiger charge is 2.13. The summed E-state index contributed by atoms with van der Waals surface area (Å²) in [4.78, 5) is 10.6. The van der Waals surface area contributed by atoms with Crippen LogP contribution in [0, 0.1) is 6.92 Å². The second-order valence-electron chi connectivity index (χ2n) is 2.47. The lowest BCUT2D eigenvalue weighted by Gasteiger charge is -2.04. The first kappa shape index (κ1) is 8.87. The Hall–Kier alpha value is -1.22. The molecule has 1 aromatic rings. The van der Waals surface area contributed by atoms with Crippen LogP contribution in [0.1, 0.15) is 15.9 Å². The van der Waals surface area contributed by atoms with E-state index in [0.29, 0.717) is 5.56 Å². The molecule has 0 fully saturated rings. The van der Waals surface area contributed by atoms with Gasteiger partial charge in [0.25, 0.3) is 0 Å². The van der Waals surface area contributed by atoms with E-state index in [4.69, 9.17) is 22.4 Å². The summed E-state index contributed by atoms with van der Waals surface area (Å²) in [6.07, 6.45) is 0. The molecule has 3 nitrogen and oxygen atoms in total. The minimum Gasteiger partial charge on any atom is -0.478 e. The minimum absolute atomic E-state index is 0.0170. The minimum atomic E-state index is -1.10. The van der Waals surface area contributed by atoms with Crippen molar-refractivity contribution in [2.24, 2.45) is 0 Å². The number of nitrogen functional groups attached to an aromatic ring is 1. The van der Waals surface area contributed by atoms with Gasteiger partial charge in [-0.05, 0) is 18.6 Å². The standard InChI is InChI=1S/C8H8ClNO2/c1-4-2-3-5(10)6(7(4)9)8(11)12/h2-3H,10H2,1H3,(H,11,12). The number of carbonyl (C=O) groups is 1. The highest BCUT2D eigenvalue weighted by Crippen LogP contribution is 2.25. The molecule has 64 valence electrons. The molecule has 0 spiro atoms. The van der Waals surface area contributed by atoms with E-state index < -0.39 is 5.97 Å². The maximum absolute atomic E-state index is 10.6. The Balaban J connectivity index is 3.43. The number of carboxylic acid groups (broad SMARTS) is 1. The zero-order valence-electron chi connectivity index (χ0n) is 6.47. The normalized spacial score (nSPS) is 9.83. The molecule has 12 heavy (non-hydrogen) atoms. The second kappa shape index (κ2) is 3.03. The Labute approximate surface area is 74.8 Å². The highest BCUT2D eigenvalue weighted by atomic mass is 35.5. The molecule has 0 amide bonds. The van der Waals surface area contributed by atoms with Crippen molar-refractivity contribution < 1.29 is 9.90 Å². The van der Waals surface area contributed by atoms with Crippen LogP contribution in [0.5, 0.6) is 0 Å². The molecule has 0 radical (unpaired) electrons. The summed E-state index contributed by atoms with van der Waals surface area (Å²) in [6.45, 7) is 1.73. The summed E-state index contributed by atoms with van der Waals surface area (Å²) < 4.78 is 0. The number of halogens is 1. The van der Waals surface area contributed by atoms with Crippen molar-refractivity contribution in [2.75, 3.05) is 5.73 Å². The van der Waals surface area contributed by atoms with Crippen LogP contribution in [0.15, 0.2) is 12.1 Å². The quantitative estimate of drug-likeness (QED) is 0.658. The van der Waals surface area contributed by atoms with E-state index in [1.54, 1.807) is 13.0 Å². The number of hydrogen-bond acceptors (Lipinski definition) is 2. The number of benzene rings is 1. The number of hydrogen-bond donors (Lipinski definition) is 2. The van der Waals surface area contributed by atoms with Crippen molar-refractivity contribution in [2.45, 2.75) is 6.92 Å². The van der Waals surface area contributed by atoms with Crippen LogP contribution < -0.4 is 5.73 Å². The van der Waals surface area contributed by atoms with E-state index in [2.05, 4.69) is 0 Å². The second-order valence-corrected chi connectivity index (χ2v) is 2.84. The molecule has 0 aliphatic rings. The molecule has 0 bridgehead atoms. The van der Waals surface area contributed by atoms with Gasteiger partial charge in [0.15, 0.2) is 0 Å². The maximum Gasteiger partial charge on any atom is 0.339 e. The van der Waals surface area contributed by atoms with E-state index in [9.17, 15) is 4.79 Å². The lowest BCUT2D eigenvalue weighted by molar-refractivity contribution is 0.0698. The number of aryl methyl sites for hydroxylation is 1.